The number of hydrogen-bond donors (Lipinski definition) is 0. The van der Waals surface area contributed by atoms with Crippen molar-refractivity contribution in [3.05, 3.63) is 52.6 Å². The molecule has 2 fully saturated rings. The minimum atomic E-state index is -0.818. The van der Waals surface area contributed by atoms with Crippen molar-refractivity contribution in [1.82, 2.24) is 9.80 Å². The Hall–Kier alpha value is -4.49. The predicted octanol–water partition coefficient (Wildman–Crippen LogP) is 6.40. The standard InChI is InChI=1S/C42H54N2O11/c1-24-13-33(44(18-24)40(49)55-42(5,6)7)38(47)53-23-34(45)27-9-11-30-28(15-27)21-51-36-17-31-26(16-32(30)36)10-12-35(37(31)46)52-22-29-14-25(20-50-8)19-43(29)39(48)54-41(2,3)4/h9,11,15-17,24-25,29,33,35H,10,12-14,18-23H2,1-8H3/t24-,25-,29-,33-,35?/m0/s1. The molecule has 3 heterocycles. The zero-order valence-corrected chi connectivity index (χ0v) is 33.2. The lowest BCUT2D eigenvalue weighted by atomic mass is 9.84. The maximum absolute atomic E-state index is 13.8. The molecule has 3 aliphatic heterocycles. The van der Waals surface area contributed by atoms with Crippen LogP contribution >= 0.6 is 0 Å². The Morgan fingerprint density at radius 1 is 0.836 bits per heavy atom. The normalized spacial score (nSPS) is 23.3. The predicted molar refractivity (Wildman–Crippen MR) is 201 cm³/mol. The van der Waals surface area contributed by atoms with Crippen LogP contribution in [0.3, 0.4) is 0 Å². The molecule has 55 heavy (non-hydrogen) atoms. The maximum atomic E-state index is 13.8. The number of fused-ring (bicyclic) bond motifs is 4. The van der Waals surface area contributed by atoms with Crippen molar-refractivity contribution in [2.24, 2.45) is 11.8 Å². The number of amides is 2. The summed E-state index contributed by atoms with van der Waals surface area (Å²) in [6, 6.07) is 8.01. The van der Waals surface area contributed by atoms with Crippen LogP contribution in [0.4, 0.5) is 9.59 Å². The second kappa shape index (κ2) is 15.9. The number of carbonyl (C=O) groups is 5. The molecule has 13 heteroatoms. The molecule has 13 nitrogen and oxygen atoms in total. The summed E-state index contributed by atoms with van der Waals surface area (Å²) in [5, 5.41) is 0. The van der Waals surface area contributed by atoms with Gasteiger partial charge in [-0.2, -0.15) is 0 Å². The Bertz CT molecular complexity index is 1830. The van der Waals surface area contributed by atoms with E-state index in [2.05, 4.69) is 0 Å². The second-order valence-electron chi connectivity index (χ2n) is 17.3. The molecule has 0 N–H and O–H groups in total. The van der Waals surface area contributed by atoms with Crippen molar-refractivity contribution in [1.29, 1.82) is 0 Å². The van der Waals surface area contributed by atoms with Gasteiger partial charge in [0, 0.05) is 42.8 Å². The van der Waals surface area contributed by atoms with Crippen LogP contribution in [0.15, 0.2) is 30.3 Å². The summed E-state index contributed by atoms with van der Waals surface area (Å²) in [7, 11) is 1.64. The minimum Gasteiger partial charge on any atom is -0.488 e. The van der Waals surface area contributed by atoms with Gasteiger partial charge in [0.25, 0.3) is 0 Å². The van der Waals surface area contributed by atoms with Crippen LogP contribution in [0.5, 0.6) is 5.75 Å². The van der Waals surface area contributed by atoms with E-state index in [1.807, 2.05) is 39.8 Å². The molecule has 2 amide bonds. The number of rotatable bonds is 9. The molecule has 0 radical (unpaired) electrons. The van der Waals surface area contributed by atoms with E-state index in [1.54, 1.807) is 51.0 Å². The minimum absolute atomic E-state index is 0.0814. The van der Waals surface area contributed by atoms with E-state index in [9.17, 15) is 24.0 Å². The molecule has 1 unspecified atom stereocenters. The largest absolute Gasteiger partial charge is 0.488 e. The zero-order valence-electron chi connectivity index (χ0n) is 33.2. The summed E-state index contributed by atoms with van der Waals surface area (Å²) in [5.74, 6) is -0.328. The average Bonchev–Trinajstić information content (AvgIpc) is 3.71. The summed E-state index contributed by atoms with van der Waals surface area (Å²) in [6.45, 7) is 14.1. The third-order valence-electron chi connectivity index (χ3n) is 10.3. The number of hydrogen-bond acceptors (Lipinski definition) is 11. The van der Waals surface area contributed by atoms with Crippen LogP contribution in [-0.2, 0) is 41.5 Å². The number of aryl methyl sites for hydroxylation is 1. The molecule has 1 aliphatic carbocycles. The number of Topliss-reactive ketones (excluding diaryl/α,β-unsaturated/α-hetero) is 2. The van der Waals surface area contributed by atoms with Crippen molar-refractivity contribution >= 4 is 29.7 Å². The summed E-state index contributed by atoms with van der Waals surface area (Å²) in [6.07, 6.45) is 0.611. The highest BCUT2D eigenvalue weighted by Gasteiger charge is 2.42. The first kappa shape index (κ1) is 40.2. The van der Waals surface area contributed by atoms with Crippen LogP contribution in [-0.4, -0.2) is 109 Å². The maximum Gasteiger partial charge on any atom is 0.411 e. The van der Waals surface area contributed by atoms with E-state index in [1.165, 1.54) is 4.90 Å². The van der Waals surface area contributed by atoms with Gasteiger partial charge in [-0.15, -0.1) is 0 Å². The van der Waals surface area contributed by atoms with Gasteiger partial charge in [0.2, 0.25) is 0 Å². The Labute approximate surface area is 322 Å². The van der Waals surface area contributed by atoms with Gasteiger partial charge in [-0.3, -0.25) is 14.5 Å². The summed E-state index contributed by atoms with van der Waals surface area (Å²) < 4.78 is 34.3. The smallest absolute Gasteiger partial charge is 0.411 e. The van der Waals surface area contributed by atoms with E-state index in [0.29, 0.717) is 62.3 Å². The number of esters is 1. The van der Waals surface area contributed by atoms with Crippen molar-refractivity contribution in [2.75, 3.05) is 40.0 Å². The van der Waals surface area contributed by atoms with E-state index >= 15 is 0 Å². The number of nitrogens with zero attached hydrogens (tertiary/aromatic N) is 2. The highest BCUT2D eigenvalue weighted by Crippen LogP contribution is 2.42. The van der Waals surface area contributed by atoms with Gasteiger partial charge in [0.1, 0.15) is 35.7 Å². The van der Waals surface area contributed by atoms with E-state index in [4.69, 9.17) is 28.4 Å². The number of ketones is 2. The fourth-order valence-electron chi connectivity index (χ4n) is 7.85. The average molecular weight is 763 g/mol. The Morgan fingerprint density at radius 3 is 2.24 bits per heavy atom. The second-order valence-corrected chi connectivity index (χ2v) is 17.3. The highest BCUT2D eigenvalue weighted by atomic mass is 16.6. The number of carbonyl (C=O) groups excluding carboxylic acids is 5. The van der Waals surface area contributed by atoms with E-state index in [0.717, 1.165) is 22.3 Å². The molecule has 298 valence electrons. The summed E-state index contributed by atoms with van der Waals surface area (Å²) in [5.41, 5.74) is 3.00. The van der Waals surface area contributed by atoms with E-state index < -0.39 is 48.1 Å². The fourth-order valence-corrected chi connectivity index (χ4v) is 7.85. The monoisotopic (exact) mass is 762 g/mol. The lowest BCUT2D eigenvalue weighted by Gasteiger charge is -2.31. The lowest BCUT2D eigenvalue weighted by Crippen LogP contribution is -2.44. The van der Waals surface area contributed by atoms with Crippen molar-refractivity contribution in [2.45, 2.75) is 110 Å². The fraction of sp³-hybridized carbons (Fsp3) is 0.595. The molecule has 5 atom stereocenters. The first-order chi connectivity index (χ1) is 25.9. The first-order valence-corrected chi connectivity index (χ1v) is 19.2. The van der Waals surface area contributed by atoms with Crippen molar-refractivity contribution < 1.29 is 52.4 Å². The van der Waals surface area contributed by atoms with Crippen LogP contribution < -0.4 is 4.74 Å². The van der Waals surface area contributed by atoms with Crippen molar-refractivity contribution in [3.63, 3.8) is 0 Å². The molecule has 0 aromatic heterocycles. The quantitative estimate of drug-likeness (QED) is 0.159. The van der Waals surface area contributed by atoms with Gasteiger partial charge in [-0.1, -0.05) is 19.1 Å². The highest BCUT2D eigenvalue weighted by molar-refractivity contribution is 6.03. The number of methoxy groups -OCH3 is 1. The topological polar surface area (TPSA) is 147 Å². The van der Waals surface area contributed by atoms with Crippen LogP contribution in [0.25, 0.3) is 11.1 Å². The van der Waals surface area contributed by atoms with Gasteiger partial charge < -0.3 is 33.3 Å². The zero-order chi connectivity index (χ0) is 39.8. The van der Waals surface area contributed by atoms with Gasteiger partial charge in [0.05, 0.1) is 19.3 Å². The van der Waals surface area contributed by atoms with E-state index in [-0.39, 0.29) is 42.7 Å². The summed E-state index contributed by atoms with van der Waals surface area (Å²) in [4.78, 5) is 68.9. The molecule has 0 saturated carbocycles. The van der Waals surface area contributed by atoms with Crippen LogP contribution in [0, 0.1) is 11.8 Å². The Balaban J connectivity index is 1.08. The lowest BCUT2D eigenvalue weighted by molar-refractivity contribution is -0.147. The third kappa shape index (κ3) is 9.32. The number of ether oxygens (including phenoxy) is 6. The Kier molecular flexibility index (Phi) is 11.6. The molecule has 2 saturated heterocycles. The number of benzene rings is 2. The molecule has 2 aromatic rings. The third-order valence-corrected chi connectivity index (χ3v) is 10.3. The van der Waals surface area contributed by atoms with Gasteiger partial charge in [-0.25, -0.2) is 14.4 Å². The Morgan fingerprint density at radius 2 is 1.55 bits per heavy atom. The van der Waals surface area contributed by atoms with Gasteiger partial charge in [-0.05, 0) is 108 Å². The molecular weight excluding hydrogens is 708 g/mol. The molecule has 4 aliphatic rings. The first-order valence-electron chi connectivity index (χ1n) is 19.2. The molecular formula is C42H54N2O11. The molecule has 0 spiro atoms. The van der Waals surface area contributed by atoms with Crippen LogP contribution in [0.2, 0.25) is 0 Å². The summed E-state index contributed by atoms with van der Waals surface area (Å²) >= 11 is 0. The molecule has 0 bridgehead atoms. The molecule has 6 rings (SSSR count). The molecule has 2 aromatic carbocycles. The SMILES string of the molecule is COC[C@H]1C[C@@H](COC2CCc3cc4c(cc3C2=O)OCc2cc(C(=O)COC(=O)[C@@H]3C[C@H](C)CN3C(=O)OC(C)(C)C)ccc2-4)N(C(=O)OC(C)(C)C)C1. The van der Waals surface area contributed by atoms with Crippen molar-refractivity contribution in [3.8, 4) is 16.9 Å². The number of likely N-dealkylation sites (tertiary alicyclic amines) is 2. The van der Waals surface area contributed by atoms with Crippen LogP contribution in [0.1, 0.15) is 99.6 Å². The van der Waals surface area contributed by atoms with Gasteiger partial charge >= 0.3 is 18.2 Å². The van der Waals surface area contributed by atoms with Gasteiger partial charge in [0.15, 0.2) is 18.2 Å².